The Labute approximate surface area is 71.7 Å². The van der Waals surface area contributed by atoms with Crippen LogP contribution >= 0.6 is 12.2 Å². The maximum absolute atomic E-state index is 11.2. The van der Waals surface area contributed by atoms with Crippen molar-refractivity contribution in [2.24, 2.45) is 5.84 Å². The van der Waals surface area contributed by atoms with Crippen LogP contribution in [-0.4, -0.2) is 28.9 Å². The van der Waals surface area contributed by atoms with Crippen LogP contribution in [0.15, 0.2) is 0 Å². The zero-order chi connectivity index (χ0) is 8.85. The highest BCUT2D eigenvalue weighted by molar-refractivity contribution is 7.82. The van der Waals surface area contributed by atoms with Crippen molar-refractivity contribution < 1.29 is 4.79 Å². The smallest absolute Gasteiger partial charge is 0.282 e. The van der Waals surface area contributed by atoms with Crippen LogP contribution in [0.25, 0.3) is 0 Å². The van der Waals surface area contributed by atoms with Crippen LogP contribution < -0.4 is 11.3 Å². The Morgan fingerprint density at radius 3 is 2.27 bits per heavy atom. The second kappa shape index (κ2) is 5.03. The van der Waals surface area contributed by atoms with Gasteiger partial charge < -0.3 is 10.3 Å². The van der Waals surface area contributed by atoms with Gasteiger partial charge in [0.2, 0.25) is 0 Å². The van der Waals surface area contributed by atoms with Crippen LogP contribution in [0.1, 0.15) is 13.8 Å². The Morgan fingerprint density at radius 2 is 2.00 bits per heavy atom. The Morgan fingerprint density at radius 1 is 1.55 bits per heavy atom. The van der Waals surface area contributed by atoms with Crippen molar-refractivity contribution in [3.8, 4) is 0 Å². The van der Waals surface area contributed by atoms with Gasteiger partial charge in [-0.15, -0.1) is 0 Å². The Kier molecular flexibility index (Phi) is 4.72. The van der Waals surface area contributed by atoms with E-state index < -0.39 is 0 Å². The van der Waals surface area contributed by atoms with Gasteiger partial charge in [0, 0.05) is 13.1 Å². The van der Waals surface area contributed by atoms with E-state index in [2.05, 4.69) is 17.6 Å². The molecule has 0 saturated carbocycles. The predicted octanol–water partition coefficient (Wildman–Crippen LogP) is -0.354. The lowest BCUT2D eigenvalue weighted by molar-refractivity contribution is -0.123. The molecule has 64 valence electrons. The molecule has 0 aromatic carbocycles. The van der Waals surface area contributed by atoms with E-state index in [0.29, 0.717) is 13.1 Å². The van der Waals surface area contributed by atoms with E-state index in [1.807, 2.05) is 13.8 Å². The van der Waals surface area contributed by atoms with Crippen molar-refractivity contribution in [2.75, 3.05) is 13.1 Å². The summed E-state index contributed by atoms with van der Waals surface area (Å²) in [5.41, 5.74) is 2.15. The summed E-state index contributed by atoms with van der Waals surface area (Å²) >= 11 is 4.66. The summed E-state index contributed by atoms with van der Waals surface area (Å²) in [6.45, 7) is 5.08. The van der Waals surface area contributed by atoms with Gasteiger partial charge in [0.05, 0.1) is 0 Å². The third-order valence-corrected chi connectivity index (χ3v) is 1.67. The van der Waals surface area contributed by atoms with Gasteiger partial charge in [-0.25, -0.2) is 5.84 Å². The minimum atomic E-state index is -0.215. The summed E-state index contributed by atoms with van der Waals surface area (Å²) in [4.78, 5) is 12.8. The van der Waals surface area contributed by atoms with Gasteiger partial charge in [-0.1, -0.05) is 12.2 Å². The van der Waals surface area contributed by atoms with Crippen LogP contribution in [0.3, 0.4) is 0 Å². The minimum absolute atomic E-state index is 0.0636. The van der Waals surface area contributed by atoms with Crippen LogP contribution in [0.5, 0.6) is 0 Å². The Hall–Kier alpha value is -0.680. The molecule has 5 heteroatoms. The summed E-state index contributed by atoms with van der Waals surface area (Å²) in [7, 11) is 0. The molecule has 0 heterocycles. The first kappa shape index (κ1) is 10.3. The zero-order valence-corrected chi connectivity index (χ0v) is 7.57. The van der Waals surface area contributed by atoms with Crippen LogP contribution in [0, 0.1) is 0 Å². The number of thiocarbonyl (C=S) groups is 1. The standard InChI is InChI=1S/C6H13N3OS/c1-3-9(4-2)6(10)5(11)8-7/h3-4,7H2,1-2H3,(H,8,11). The Bertz CT molecular complexity index is 156. The highest BCUT2D eigenvalue weighted by Gasteiger charge is 2.13. The fraction of sp³-hybridized carbons (Fsp3) is 0.667. The molecular formula is C6H13N3OS. The second-order valence-electron chi connectivity index (χ2n) is 1.95. The number of nitrogens with zero attached hydrogens (tertiary/aromatic N) is 1. The summed E-state index contributed by atoms with van der Waals surface area (Å²) in [5.74, 6) is 4.77. The highest BCUT2D eigenvalue weighted by Crippen LogP contribution is 1.89. The van der Waals surface area contributed by atoms with Gasteiger partial charge in [-0.3, -0.25) is 4.79 Å². The molecule has 0 atom stereocenters. The lowest BCUT2D eigenvalue weighted by Gasteiger charge is -2.18. The number of hydrogen-bond donors (Lipinski definition) is 2. The maximum atomic E-state index is 11.2. The fourth-order valence-electron chi connectivity index (χ4n) is 0.716. The molecule has 0 aliphatic heterocycles. The van der Waals surface area contributed by atoms with Crippen molar-refractivity contribution in [1.29, 1.82) is 0 Å². The Balaban J connectivity index is 4.09. The lowest BCUT2D eigenvalue weighted by atomic mass is 10.4. The molecule has 0 bridgehead atoms. The molecule has 0 aromatic rings. The van der Waals surface area contributed by atoms with Crippen LogP contribution in [-0.2, 0) is 4.79 Å². The molecule has 0 aliphatic rings. The molecule has 0 unspecified atom stereocenters. The van der Waals surface area contributed by atoms with Gasteiger partial charge in [0.1, 0.15) is 0 Å². The highest BCUT2D eigenvalue weighted by atomic mass is 32.1. The minimum Gasteiger partial charge on any atom is -0.337 e. The maximum Gasteiger partial charge on any atom is 0.282 e. The van der Waals surface area contributed by atoms with E-state index in [4.69, 9.17) is 5.84 Å². The fourth-order valence-corrected chi connectivity index (χ4v) is 0.845. The number of amides is 1. The van der Waals surface area contributed by atoms with Crippen molar-refractivity contribution in [3.05, 3.63) is 0 Å². The van der Waals surface area contributed by atoms with Gasteiger partial charge >= 0.3 is 0 Å². The summed E-state index contributed by atoms with van der Waals surface area (Å²) in [6.07, 6.45) is 0. The van der Waals surface area contributed by atoms with Crippen LogP contribution in [0.2, 0.25) is 0 Å². The molecule has 0 radical (unpaired) electrons. The number of hydrogen-bond acceptors (Lipinski definition) is 3. The van der Waals surface area contributed by atoms with E-state index in [-0.39, 0.29) is 10.9 Å². The largest absolute Gasteiger partial charge is 0.337 e. The number of likely N-dealkylation sites (N-methyl/N-ethyl adjacent to an activating group) is 1. The van der Waals surface area contributed by atoms with E-state index in [0.717, 1.165) is 0 Å². The molecule has 0 aromatic heterocycles. The third kappa shape index (κ3) is 2.81. The molecule has 0 rings (SSSR count). The van der Waals surface area contributed by atoms with Crippen molar-refractivity contribution in [1.82, 2.24) is 10.3 Å². The average molecular weight is 175 g/mol. The SMILES string of the molecule is CCN(CC)C(=O)C(=S)NN. The molecule has 11 heavy (non-hydrogen) atoms. The zero-order valence-electron chi connectivity index (χ0n) is 6.76. The quantitative estimate of drug-likeness (QED) is 0.342. The van der Waals surface area contributed by atoms with Crippen molar-refractivity contribution in [3.63, 3.8) is 0 Å². The third-order valence-electron chi connectivity index (χ3n) is 1.38. The summed E-state index contributed by atoms with van der Waals surface area (Å²) in [6, 6.07) is 0. The van der Waals surface area contributed by atoms with Crippen LogP contribution in [0.4, 0.5) is 0 Å². The van der Waals surface area contributed by atoms with Gasteiger partial charge in [0.15, 0.2) is 4.99 Å². The molecule has 0 aliphatic carbocycles. The molecule has 0 saturated heterocycles. The molecule has 0 spiro atoms. The number of carbonyl (C=O) groups excluding carboxylic acids is 1. The molecule has 0 fully saturated rings. The molecular weight excluding hydrogens is 162 g/mol. The number of nitrogens with two attached hydrogens (primary N) is 1. The molecule has 1 amide bonds. The van der Waals surface area contributed by atoms with E-state index in [9.17, 15) is 4.79 Å². The van der Waals surface area contributed by atoms with Gasteiger partial charge in [-0.05, 0) is 13.8 Å². The average Bonchev–Trinajstić information content (AvgIpc) is 2.05. The van der Waals surface area contributed by atoms with E-state index in [1.165, 1.54) is 0 Å². The normalized spacial score (nSPS) is 9.00. The monoisotopic (exact) mass is 175 g/mol. The van der Waals surface area contributed by atoms with Crippen molar-refractivity contribution >= 4 is 23.1 Å². The second-order valence-corrected chi connectivity index (χ2v) is 2.36. The molecule has 3 N–H and O–H groups in total. The number of carbonyl (C=O) groups is 1. The topological polar surface area (TPSA) is 58.4 Å². The first-order chi connectivity index (χ1) is 5.17. The van der Waals surface area contributed by atoms with Gasteiger partial charge in [-0.2, -0.15) is 0 Å². The van der Waals surface area contributed by atoms with E-state index in [1.54, 1.807) is 4.90 Å². The van der Waals surface area contributed by atoms with E-state index >= 15 is 0 Å². The predicted molar refractivity (Wildman–Crippen MR) is 47.8 cm³/mol. The van der Waals surface area contributed by atoms with Gasteiger partial charge in [0.25, 0.3) is 5.91 Å². The van der Waals surface area contributed by atoms with Crippen molar-refractivity contribution in [2.45, 2.75) is 13.8 Å². The summed E-state index contributed by atoms with van der Waals surface area (Å²) < 4.78 is 0. The number of hydrazine groups is 1. The number of nitrogens with one attached hydrogen (secondary N) is 1. The number of rotatable bonds is 2. The summed E-state index contributed by atoms with van der Waals surface area (Å²) in [5, 5.41) is 0. The first-order valence-corrected chi connectivity index (χ1v) is 3.88. The first-order valence-electron chi connectivity index (χ1n) is 3.47. The molecule has 4 nitrogen and oxygen atoms in total. The lowest BCUT2D eigenvalue weighted by Crippen LogP contribution is -2.44.